The van der Waals surface area contributed by atoms with Crippen molar-refractivity contribution in [2.45, 2.75) is 51.4 Å². The minimum absolute atomic E-state index is 0.137. The van der Waals surface area contributed by atoms with Crippen LogP contribution in [0.25, 0.3) is 0 Å². The Morgan fingerprint density at radius 1 is 1.08 bits per heavy atom. The molecule has 1 saturated heterocycles. The molecule has 3 rings (SSSR count). The second-order valence-electron chi connectivity index (χ2n) is 7.81. The molecule has 1 aliphatic heterocycles. The van der Waals surface area contributed by atoms with Crippen LogP contribution in [-0.2, 0) is 4.74 Å². The molecule has 1 aliphatic carbocycles. The zero-order valence-electron chi connectivity index (χ0n) is 15.3. The molecule has 0 spiro atoms. The van der Waals surface area contributed by atoms with Crippen LogP contribution in [-0.4, -0.2) is 60.1 Å². The molecule has 2 fully saturated rings. The van der Waals surface area contributed by atoms with E-state index in [1.54, 1.807) is 4.90 Å². The minimum atomic E-state index is -0.458. The first-order valence-electron chi connectivity index (χ1n) is 8.98. The van der Waals surface area contributed by atoms with E-state index in [0.717, 1.165) is 24.5 Å². The highest BCUT2D eigenvalue weighted by Gasteiger charge is 2.29. The van der Waals surface area contributed by atoms with Crippen molar-refractivity contribution in [1.82, 2.24) is 4.90 Å². The summed E-state index contributed by atoms with van der Waals surface area (Å²) >= 11 is 0. The Hall–Kier alpha value is -1.95. The Bertz CT molecular complexity index is 582. The maximum Gasteiger partial charge on any atom is 0.410 e. The number of benzene rings is 1. The van der Waals surface area contributed by atoms with Gasteiger partial charge >= 0.3 is 6.09 Å². The number of piperazine rings is 1. The van der Waals surface area contributed by atoms with Crippen LogP contribution in [0.3, 0.4) is 0 Å². The normalized spacial score (nSPS) is 23.8. The van der Waals surface area contributed by atoms with Gasteiger partial charge in [-0.3, -0.25) is 0 Å². The van der Waals surface area contributed by atoms with Gasteiger partial charge in [0.1, 0.15) is 17.5 Å². The van der Waals surface area contributed by atoms with Crippen LogP contribution in [0.1, 0.15) is 33.6 Å². The van der Waals surface area contributed by atoms with Crippen LogP contribution in [0.5, 0.6) is 5.75 Å². The lowest BCUT2D eigenvalue weighted by molar-refractivity contribution is -0.0107. The zero-order valence-corrected chi connectivity index (χ0v) is 15.3. The van der Waals surface area contributed by atoms with Crippen molar-refractivity contribution in [2.75, 3.05) is 31.1 Å². The number of carbonyl (C=O) groups excluding carboxylic acids is 1. The third-order valence-corrected chi connectivity index (χ3v) is 4.51. The molecule has 1 N–H and O–H groups in total. The molecule has 0 unspecified atom stereocenters. The first-order valence-corrected chi connectivity index (χ1v) is 8.98. The van der Waals surface area contributed by atoms with Crippen molar-refractivity contribution in [3.05, 3.63) is 24.3 Å². The summed E-state index contributed by atoms with van der Waals surface area (Å²) < 4.78 is 11.2. The quantitative estimate of drug-likeness (QED) is 0.910. The van der Waals surface area contributed by atoms with Crippen molar-refractivity contribution in [1.29, 1.82) is 0 Å². The standard InChI is InChI=1S/C19H28N2O4/c1-19(2,3)25-18(23)21-10-8-20(9-11-21)14-4-6-16(7-5-14)24-17-12-15(22)13-17/h4-7,15,17,22H,8-13H2,1-3H3. The average molecular weight is 348 g/mol. The molecule has 0 radical (unpaired) electrons. The van der Waals surface area contributed by atoms with Crippen LogP contribution in [0, 0.1) is 0 Å². The number of anilines is 1. The van der Waals surface area contributed by atoms with E-state index in [9.17, 15) is 9.90 Å². The highest BCUT2D eigenvalue weighted by Crippen LogP contribution is 2.27. The fourth-order valence-corrected chi connectivity index (χ4v) is 3.04. The maximum absolute atomic E-state index is 12.1. The first-order chi connectivity index (χ1) is 11.8. The molecule has 1 heterocycles. The van der Waals surface area contributed by atoms with Crippen LogP contribution in [0.4, 0.5) is 10.5 Å². The monoisotopic (exact) mass is 348 g/mol. The lowest BCUT2D eigenvalue weighted by atomic mass is 9.92. The summed E-state index contributed by atoms with van der Waals surface area (Å²) in [5.41, 5.74) is 0.672. The molecule has 1 aromatic rings. The third kappa shape index (κ3) is 4.78. The SMILES string of the molecule is CC(C)(C)OC(=O)N1CCN(c2ccc(OC3CC(O)C3)cc2)CC1. The number of hydrogen-bond acceptors (Lipinski definition) is 5. The molecule has 6 nitrogen and oxygen atoms in total. The molecule has 2 aliphatic rings. The highest BCUT2D eigenvalue weighted by atomic mass is 16.6. The van der Waals surface area contributed by atoms with E-state index in [0.29, 0.717) is 25.9 Å². The molecule has 0 atom stereocenters. The van der Waals surface area contributed by atoms with E-state index >= 15 is 0 Å². The molecule has 1 saturated carbocycles. The van der Waals surface area contributed by atoms with Gasteiger partial charge in [0.25, 0.3) is 0 Å². The van der Waals surface area contributed by atoms with Crippen molar-refractivity contribution in [2.24, 2.45) is 0 Å². The number of rotatable bonds is 3. The van der Waals surface area contributed by atoms with E-state index in [1.807, 2.05) is 45.0 Å². The molecule has 1 aromatic carbocycles. The summed E-state index contributed by atoms with van der Waals surface area (Å²) in [5, 5.41) is 9.31. The number of nitrogens with zero attached hydrogens (tertiary/aromatic N) is 2. The van der Waals surface area contributed by atoms with Gasteiger partial charge in [0.2, 0.25) is 0 Å². The van der Waals surface area contributed by atoms with E-state index in [4.69, 9.17) is 9.47 Å². The molecule has 25 heavy (non-hydrogen) atoms. The van der Waals surface area contributed by atoms with Gasteiger partial charge < -0.3 is 24.4 Å². The van der Waals surface area contributed by atoms with Crippen LogP contribution in [0.2, 0.25) is 0 Å². The van der Waals surface area contributed by atoms with Gasteiger partial charge in [0.15, 0.2) is 0 Å². The predicted octanol–water partition coefficient (Wildman–Crippen LogP) is 2.65. The molecule has 6 heteroatoms. The maximum atomic E-state index is 12.1. The molecular formula is C19H28N2O4. The lowest BCUT2D eigenvalue weighted by Gasteiger charge is -2.37. The summed E-state index contributed by atoms with van der Waals surface area (Å²) in [6, 6.07) is 8.04. The number of aliphatic hydroxyl groups is 1. The number of amides is 1. The summed E-state index contributed by atoms with van der Waals surface area (Å²) in [6.07, 6.45) is 1.13. The van der Waals surface area contributed by atoms with Crippen molar-refractivity contribution < 1.29 is 19.4 Å². The van der Waals surface area contributed by atoms with E-state index in [-0.39, 0.29) is 18.3 Å². The van der Waals surface area contributed by atoms with E-state index in [1.165, 1.54) is 0 Å². The molecule has 0 bridgehead atoms. The zero-order chi connectivity index (χ0) is 18.0. The highest BCUT2D eigenvalue weighted by molar-refractivity contribution is 5.68. The molecule has 138 valence electrons. The number of ether oxygens (including phenoxy) is 2. The number of aliphatic hydroxyl groups excluding tert-OH is 1. The first kappa shape index (κ1) is 17.9. The van der Waals surface area contributed by atoms with Crippen LogP contribution >= 0.6 is 0 Å². The number of hydrogen-bond donors (Lipinski definition) is 1. The minimum Gasteiger partial charge on any atom is -0.490 e. The second-order valence-corrected chi connectivity index (χ2v) is 7.81. The van der Waals surface area contributed by atoms with Gasteiger partial charge in [-0.2, -0.15) is 0 Å². The van der Waals surface area contributed by atoms with Gasteiger partial charge in [-0.05, 0) is 45.0 Å². The van der Waals surface area contributed by atoms with Gasteiger partial charge in [-0.1, -0.05) is 0 Å². The molecule has 0 aromatic heterocycles. The Balaban J connectivity index is 1.48. The summed E-state index contributed by atoms with van der Waals surface area (Å²) in [4.78, 5) is 16.1. The van der Waals surface area contributed by atoms with Gasteiger partial charge in [0, 0.05) is 44.7 Å². The topological polar surface area (TPSA) is 62.2 Å². The van der Waals surface area contributed by atoms with E-state index in [2.05, 4.69) is 4.90 Å². The second kappa shape index (κ2) is 7.12. The van der Waals surface area contributed by atoms with Crippen LogP contribution in [0.15, 0.2) is 24.3 Å². The van der Waals surface area contributed by atoms with Gasteiger partial charge in [-0.15, -0.1) is 0 Å². The smallest absolute Gasteiger partial charge is 0.410 e. The Morgan fingerprint density at radius 2 is 1.68 bits per heavy atom. The van der Waals surface area contributed by atoms with Crippen LogP contribution < -0.4 is 9.64 Å². The van der Waals surface area contributed by atoms with Crippen molar-refractivity contribution >= 4 is 11.8 Å². The Morgan fingerprint density at radius 3 is 2.20 bits per heavy atom. The Kier molecular flexibility index (Phi) is 5.08. The van der Waals surface area contributed by atoms with Gasteiger partial charge in [0.05, 0.1) is 6.10 Å². The molecular weight excluding hydrogens is 320 g/mol. The third-order valence-electron chi connectivity index (χ3n) is 4.51. The lowest BCUT2D eigenvalue weighted by Crippen LogP contribution is -2.50. The van der Waals surface area contributed by atoms with E-state index < -0.39 is 5.60 Å². The summed E-state index contributed by atoms with van der Waals surface area (Å²) in [5.74, 6) is 0.841. The fraction of sp³-hybridized carbons (Fsp3) is 0.632. The summed E-state index contributed by atoms with van der Waals surface area (Å²) in [7, 11) is 0. The van der Waals surface area contributed by atoms with Crippen molar-refractivity contribution in [3.8, 4) is 5.75 Å². The average Bonchev–Trinajstić information content (AvgIpc) is 2.53. The largest absolute Gasteiger partial charge is 0.490 e. The number of carbonyl (C=O) groups is 1. The molecule has 1 amide bonds. The Labute approximate surface area is 149 Å². The van der Waals surface area contributed by atoms with Gasteiger partial charge in [-0.25, -0.2) is 4.79 Å². The van der Waals surface area contributed by atoms with Crippen molar-refractivity contribution in [3.63, 3.8) is 0 Å². The predicted molar refractivity (Wildman–Crippen MR) is 96.1 cm³/mol. The fourth-order valence-electron chi connectivity index (χ4n) is 3.04. The summed E-state index contributed by atoms with van der Waals surface area (Å²) in [6.45, 7) is 8.54.